The Morgan fingerprint density at radius 1 is 1.38 bits per heavy atom. The number of carbonyl (C=O) groups excluding carboxylic acids is 1. The van der Waals surface area contributed by atoms with Crippen LogP contribution in [0, 0.1) is 5.92 Å². The highest BCUT2D eigenvalue weighted by molar-refractivity contribution is 5.77. The van der Waals surface area contributed by atoms with Crippen LogP contribution in [-0.2, 0) is 14.3 Å². The molecule has 1 rings (SSSR count). The Morgan fingerprint density at radius 3 is 2.81 bits per heavy atom. The minimum atomic E-state index is -0.0807. The highest BCUT2D eigenvalue weighted by Gasteiger charge is 2.21. The molecule has 1 amide bonds. The molecule has 0 aromatic heterocycles. The molecule has 0 aromatic rings. The van der Waals surface area contributed by atoms with Crippen LogP contribution >= 0.6 is 0 Å². The second-order valence-electron chi connectivity index (χ2n) is 4.45. The lowest BCUT2D eigenvalue weighted by Crippen LogP contribution is -2.33. The number of hydrogen-bond acceptors (Lipinski definition) is 3. The summed E-state index contributed by atoms with van der Waals surface area (Å²) in [6, 6.07) is 0. The van der Waals surface area contributed by atoms with Crippen LogP contribution in [0.2, 0.25) is 0 Å². The minimum Gasteiger partial charge on any atom is -0.376 e. The molecular weight excluding hydrogens is 206 g/mol. The minimum absolute atomic E-state index is 0.0807. The molecule has 94 valence electrons. The third kappa shape index (κ3) is 4.94. The molecule has 0 bridgehead atoms. The van der Waals surface area contributed by atoms with Crippen molar-refractivity contribution in [3.05, 3.63) is 0 Å². The van der Waals surface area contributed by atoms with Gasteiger partial charge >= 0.3 is 0 Å². The largest absolute Gasteiger partial charge is 0.376 e. The zero-order valence-corrected chi connectivity index (χ0v) is 10.3. The van der Waals surface area contributed by atoms with Gasteiger partial charge in [-0.25, -0.2) is 0 Å². The molecule has 0 spiro atoms. The summed E-state index contributed by atoms with van der Waals surface area (Å²) in [7, 11) is 1.51. The van der Waals surface area contributed by atoms with Crippen molar-refractivity contribution in [3.63, 3.8) is 0 Å². The van der Waals surface area contributed by atoms with E-state index in [0.29, 0.717) is 25.2 Å². The molecule has 0 saturated heterocycles. The number of carbonyl (C=O) groups is 1. The van der Waals surface area contributed by atoms with E-state index in [1.807, 2.05) is 0 Å². The average molecular weight is 229 g/mol. The molecule has 1 fully saturated rings. The van der Waals surface area contributed by atoms with E-state index < -0.39 is 0 Å². The van der Waals surface area contributed by atoms with Crippen molar-refractivity contribution in [2.75, 3.05) is 26.9 Å². The molecule has 0 aromatic carbocycles. The standard InChI is InChI=1S/C12H23NO3/c1-10-5-3-4-6-11(10)16-8-7-13-12(14)9-15-2/h10-11H,3-9H2,1-2H3,(H,13,14)/t10-,11+/m0/s1. The Bertz CT molecular complexity index is 208. The fourth-order valence-electron chi connectivity index (χ4n) is 2.11. The predicted octanol–water partition coefficient (Wildman–Crippen LogP) is 1.34. The first-order valence-corrected chi connectivity index (χ1v) is 6.11. The normalized spacial score (nSPS) is 25.4. The Labute approximate surface area is 97.7 Å². The van der Waals surface area contributed by atoms with Crippen LogP contribution in [0.25, 0.3) is 0 Å². The summed E-state index contributed by atoms with van der Waals surface area (Å²) in [6.45, 7) is 3.54. The zero-order chi connectivity index (χ0) is 11.8. The summed E-state index contributed by atoms with van der Waals surface area (Å²) in [5.74, 6) is 0.575. The van der Waals surface area contributed by atoms with Crippen molar-refractivity contribution >= 4 is 5.91 Å². The van der Waals surface area contributed by atoms with Crippen molar-refractivity contribution in [2.24, 2.45) is 5.92 Å². The Balaban J connectivity index is 2.03. The summed E-state index contributed by atoms with van der Waals surface area (Å²) >= 11 is 0. The van der Waals surface area contributed by atoms with Crippen molar-refractivity contribution in [3.8, 4) is 0 Å². The van der Waals surface area contributed by atoms with Crippen LogP contribution < -0.4 is 5.32 Å². The van der Waals surface area contributed by atoms with E-state index in [1.54, 1.807) is 0 Å². The van der Waals surface area contributed by atoms with E-state index in [1.165, 1.54) is 26.4 Å². The Hall–Kier alpha value is -0.610. The fraction of sp³-hybridized carbons (Fsp3) is 0.917. The second kappa shape index (κ2) is 7.63. The van der Waals surface area contributed by atoms with Gasteiger partial charge < -0.3 is 14.8 Å². The van der Waals surface area contributed by atoms with Gasteiger partial charge in [-0.05, 0) is 18.8 Å². The van der Waals surface area contributed by atoms with Crippen LogP contribution in [0.5, 0.6) is 0 Å². The monoisotopic (exact) mass is 229 g/mol. The topological polar surface area (TPSA) is 47.6 Å². The van der Waals surface area contributed by atoms with Crippen molar-refractivity contribution < 1.29 is 14.3 Å². The molecule has 1 saturated carbocycles. The molecule has 0 radical (unpaired) electrons. The summed E-state index contributed by atoms with van der Waals surface area (Å²) < 4.78 is 10.5. The first-order valence-electron chi connectivity index (χ1n) is 6.11. The van der Waals surface area contributed by atoms with Crippen molar-refractivity contribution in [1.82, 2.24) is 5.32 Å². The average Bonchev–Trinajstić information content (AvgIpc) is 2.27. The number of methoxy groups -OCH3 is 1. The summed E-state index contributed by atoms with van der Waals surface area (Å²) in [6.07, 6.45) is 5.40. The zero-order valence-electron chi connectivity index (χ0n) is 10.3. The molecule has 0 unspecified atom stereocenters. The smallest absolute Gasteiger partial charge is 0.246 e. The maximum absolute atomic E-state index is 11.1. The Morgan fingerprint density at radius 2 is 2.12 bits per heavy atom. The lowest BCUT2D eigenvalue weighted by Gasteiger charge is -2.28. The molecule has 16 heavy (non-hydrogen) atoms. The number of rotatable bonds is 6. The first kappa shape index (κ1) is 13.5. The Kier molecular flexibility index (Phi) is 6.42. The van der Waals surface area contributed by atoms with Gasteiger partial charge in [0.25, 0.3) is 0 Å². The number of amides is 1. The van der Waals surface area contributed by atoms with Crippen LogP contribution in [0.3, 0.4) is 0 Å². The highest BCUT2D eigenvalue weighted by Crippen LogP contribution is 2.25. The molecule has 0 aliphatic heterocycles. The number of nitrogens with one attached hydrogen (secondary N) is 1. The summed E-state index contributed by atoms with van der Waals surface area (Å²) in [5, 5.41) is 2.75. The van der Waals surface area contributed by atoms with Crippen LogP contribution in [0.4, 0.5) is 0 Å². The van der Waals surface area contributed by atoms with E-state index in [-0.39, 0.29) is 12.5 Å². The highest BCUT2D eigenvalue weighted by atomic mass is 16.5. The number of ether oxygens (including phenoxy) is 2. The van der Waals surface area contributed by atoms with Crippen LogP contribution in [0.1, 0.15) is 32.6 Å². The van der Waals surface area contributed by atoms with Gasteiger partial charge in [0, 0.05) is 13.7 Å². The second-order valence-corrected chi connectivity index (χ2v) is 4.45. The SMILES string of the molecule is COCC(=O)NCCO[C@@H]1CCCC[C@@H]1C. The lowest BCUT2D eigenvalue weighted by atomic mass is 9.88. The molecule has 0 heterocycles. The van der Waals surface area contributed by atoms with E-state index >= 15 is 0 Å². The van der Waals surface area contributed by atoms with Crippen molar-refractivity contribution in [2.45, 2.75) is 38.7 Å². The fourth-order valence-corrected chi connectivity index (χ4v) is 2.11. The molecule has 4 heteroatoms. The third-order valence-electron chi connectivity index (χ3n) is 3.06. The summed E-state index contributed by atoms with van der Waals surface area (Å²) in [5.41, 5.74) is 0. The van der Waals surface area contributed by atoms with E-state index in [2.05, 4.69) is 12.2 Å². The van der Waals surface area contributed by atoms with E-state index in [0.717, 1.165) is 6.42 Å². The van der Waals surface area contributed by atoms with Crippen LogP contribution in [-0.4, -0.2) is 38.9 Å². The molecule has 1 N–H and O–H groups in total. The molecule has 4 nitrogen and oxygen atoms in total. The van der Waals surface area contributed by atoms with Gasteiger partial charge in [-0.1, -0.05) is 19.8 Å². The number of hydrogen-bond donors (Lipinski definition) is 1. The first-order chi connectivity index (χ1) is 7.74. The third-order valence-corrected chi connectivity index (χ3v) is 3.06. The maximum atomic E-state index is 11.1. The molecule has 1 aliphatic rings. The molecule has 2 atom stereocenters. The van der Waals surface area contributed by atoms with Gasteiger partial charge in [0.15, 0.2) is 0 Å². The van der Waals surface area contributed by atoms with Crippen LogP contribution in [0.15, 0.2) is 0 Å². The van der Waals surface area contributed by atoms with E-state index in [4.69, 9.17) is 9.47 Å². The van der Waals surface area contributed by atoms with Gasteiger partial charge in [0.2, 0.25) is 5.91 Å². The van der Waals surface area contributed by atoms with Crippen molar-refractivity contribution in [1.29, 1.82) is 0 Å². The predicted molar refractivity (Wildman–Crippen MR) is 62.3 cm³/mol. The van der Waals surface area contributed by atoms with Gasteiger partial charge in [0.05, 0.1) is 12.7 Å². The molecular formula is C12H23NO3. The summed E-state index contributed by atoms with van der Waals surface area (Å²) in [4.78, 5) is 11.1. The van der Waals surface area contributed by atoms with Gasteiger partial charge in [-0.2, -0.15) is 0 Å². The lowest BCUT2D eigenvalue weighted by molar-refractivity contribution is -0.125. The van der Waals surface area contributed by atoms with E-state index in [9.17, 15) is 4.79 Å². The van der Waals surface area contributed by atoms with Gasteiger partial charge in [-0.15, -0.1) is 0 Å². The quantitative estimate of drug-likeness (QED) is 0.699. The molecule has 1 aliphatic carbocycles. The van der Waals surface area contributed by atoms with Gasteiger partial charge in [-0.3, -0.25) is 4.79 Å². The van der Waals surface area contributed by atoms with Gasteiger partial charge in [0.1, 0.15) is 6.61 Å². The maximum Gasteiger partial charge on any atom is 0.246 e.